The Hall–Kier alpha value is -2.45. The minimum absolute atomic E-state index is 0.0201. The van der Waals surface area contributed by atoms with Gasteiger partial charge in [0.2, 0.25) is 17.7 Å². The lowest BCUT2D eigenvalue weighted by Gasteiger charge is -2.34. The number of hydrogen-bond acceptors (Lipinski definition) is 5. The van der Waals surface area contributed by atoms with E-state index in [1.807, 2.05) is 44.2 Å². The van der Waals surface area contributed by atoms with E-state index in [9.17, 15) is 19.5 Å². The molecule has 4 rings (SSSR count). The zero-order valence-corrected chi connectivity index (χ0v) is 21.1. The summed E-state index contributed by atoms with van der Waals surface area (Å²) >= 11 is 0. The van der Waals surface area contributed by atoms with Gasteiger partial charge >= 0.3 is 0 Å². The second-order valence-corrected chi connectivity index (χ2v) is 10.3. The van der Waals surface area contributed by atoms with Crippen molar-refractivity contribution in [3.63, 3.8) is 0 Å². The summed E-state index contributed by atoms with van der Waals surface area (Å²) in [6, 6.07) is 8.44. The monoisotopic (exact) mass is 485 g/mol. The fourth-order valence-electron chi connectivity index (χ4n) is 6.62. The second kappa shape index (κ2) is 10.3. The number of fused-ring (bicyclic) bond motifs is 1. The van der Waals surface area contributed by atoms with Crippen LogP contribution < -0.4 is 10.6 Å². The Balaban J connectivity index is 1.69. The summed E-state index contributed by atoms with van der Waals surface area (Å²) in [6.45, 7) is 6.41. The van der Waals surface area contributed by atoms with E-state index in [2.05, 4.69) is 17.6 Å². The molecule has 192 valence electrons. The van der Waals surface area contributed by atoms with Crippen molar-refractivity contribution in [2.75, 3.05) is 18.5 Å². The summed E-state index contributed by atoms with van der Waals surface area (Å²) in [6.07, 6.45) is 4.71. The molecule has 2 bridgehead atoms. The molecular formula is C27H39N3O5. The number of unbranched alkanes of at least 4 members (excludes halogenated alkanes) is 1. The van der Waals surface area contributed by atoms with Gasteiger partial charge in [0, 0.05) is 24.9 Å². The molecule has 1 aromatic carbocycles. The Kier molecular flexibility index (Phi) is 7.52. The van der Waals surface area contributed by atoms with Gasteiger partial charge < -0.3 is 25.4 Å². The third kappa shape index (κ3) is 4.35. The van der Waals surface area contributed by atoms with Crippen LogP contribution in [0.25, 0.3) is 0 Å². The zero-order valence-electron chi connectivity index (χ0n) is 21.1. The zero-order chi connectivity index (χ0) is 25.2. The van der Waals surface area contributed by atoms with Crippen LogP contribution in [0.3, 0.4) is 0 Å². The van der Waals surface area contributed by atoms with Gasteiger partial charge in [-0.3, -0.25) is 14.4 Å². The minimum Gasteiger partial charge on any atom is -0.396 e. The van der Waals surface area contributed by atoms with E-state index in [-0.39, 0.29) is 30.4 Å². The lowest BCUT2D eigenvalue weighted by molar-refractivity contribution is -0.146. The SMILES string of the molecule is CCCC(C)NC(=O)C1N(CCCCO)C(=O)[C@@H]2[C@H](C(=O)Nc3ccccc3)[C@]3(CC)CCC12O3. The van der Waals surface area contributed by atoms with E-state index in [1.165, 1.54) is 0 Å². The van der Waals surface area contributed by atoms with Gasteiger partial charge in [0.15, 0.2) is 0 Å². The fraction of sp³-hybridized carbons (Fsp3) is 0.667. The maximum atomic E-state index is 13.9. The first-order valence-electron chi connectivity index (χ1n) is 13.1. The first-order valence-corrected chi connectivity index (χ1v) is 13.1. The lowest BCUT2D eigenvalue weighted by Crippen LogP contribution is -2.56. The van der Waals surface area contributed by atoms with Gasteiger partial charge in [-0.05, 0) is 57.6 Å². The number of carbonyl (C=O) groups excluding carboxylic acids is 3. The van der Waals surface area contributed by atoms with Crippen LogP contribution in [0.4, 0.5) is 5.69 Å². The molecule has 1 spiro atoms. The van der Waals surface area contributed by atoms with E-state index < -0.39 is 29.1 Å². The highest BCUT2D eigenvalue weighted by atomic mass is 16.5. The Morgan fingerprint density at radius 2 is 1.91 bits per heavy atom. The van der Waals surface area contributed by atoms with Gasteiger partial charge in [0.25, 0.3) is 0 Å². The van der Waals surface area contributed by atoms with E-state index in [4.69, 9.17) is 4.74 Å². The molecule has 35 heavy (non-hydrogen) atoms. The maximum Gasteiger partial charge on any atom is 0.246 e. The van der Waals surface area contributed by atoms with Gasteiger partial charge in [-0.2, -0.15) is 0 Å². The van der Waals surface area contributed by atoms with Crippen molar-refractivity contribution < 1.29 is 24.2 Å². The van der Waals surface area contributed by atoms with Crippen LogP contribution in [0.5, 0.6) is 0 Å². The summed E-state index contributed by atoms with van der Waals surface area (Å²) < 4.78 is 6.74. The summed E-state index contributed by atoms with van der Waals surface area (Å²) in [4.78, 5) is 42.9. The Morgan fingerprint density at radius 1 is 1.17 bits per heavy atom. The number of nitrogens with one attached hydrogen (secondary N) is 2. The van der Waals surface area contributed by atoms with Gasteiger partial charge in [-0.15, -0.1) is 0 Å². The van der Waals surface area contributed by atoms with Crippen LogP contribution in [0.15, 0.2) is 30.3 Å². The van der Waals surface area contributed by atoms with Gasteiger partial charge in [0.05, 0.1) is 17.4 Å². The van der Waals surface area contributed by atoms with E-state index in [0.29, 0.717) is 44.3 Å². The molecule has 8 nitrogen and oxygen atoms in total. The number of nitrogens with zero attached hydrogens (tertiary/aromatic N) is 1. The number of rotatable bonds is 11. The van der Waals surface area contributed by atoms with Gasteiger partial charge in [-0.25, -0.2) is 0 Å². The average molecular weight is 486 g/mol. The number of aliphatic hydroxyl groups is 1. The number of aliphatic hydroxyl groups excluding tert-OH is 1. The minimum atomic E-state index is -1.01. The van der Waals surface area contributed by atoms with Crippen LogP contribution in [-0.2, 0) is 19.1 Å². The number of ether oxygens (including phenoxy) is 1. The molecule has 3 unspecified atom stereocenters. The number of para-hydroxylation sites is 1. The first kappa shape index (κ1) is 25.6. The van der Waals surface area contributed by atoms with Crippen LogP contribution in [-0.4, -0.2) is 64.2 Å². The summed E-state index contributed by atoms with van der Waals surface area (Å²) in [7, 11) is 0. The predicted octanol–water partition coefficient (Wildman–Crippen LogP) is 2.86. The van der Waals surface area contributed by atoms with Crippen molar-refractivity contribution in [1.29, 1.82) is 0 Å². The van der Waals surface area contributed by atoms with Crippen molar-refractivity contribution in [2.24, 2.45) is 11.8 Å². The van der Waals surface area contributed by atoms with Crippen LogP contribution in [0.1, 0.15) is 65.7 Å². The van der Waals surface area contributed by atoms with Gasteiger partial charge in [-0.1, -0.05) is 38.5 Å². The summed E-state index contributed by atoms with van der Waals surface area (Å²) in [5.41, 5.74) is -1.10. The number of carbonyl (C=O) groups is 3. The van der Waals surface area contributed by atoms with Crippen LogP contribution in [0.2, 0.25) is 0 Å². The van der Waals surface area contributed by atoms with Gasteiger partial charge in [0.1, 0.15) is 11.6 Å². The van der Waals surface area contributed by atoms with Crippen molar-refractivity contribution in [2.45, 2.75) is 89.0 Å². The van der Waals surface area contributed by atoms with Crippen LogP contribution >= 0.6 is 0 Å². The number of likely N-dealkylation sites (tertiary alicyclic amines) is 1. The van der Waals surface area contributed by atoms with Crippen molar-refractivity contribution >= 4 is 23.4 Å². The predicted molar refractivity (Wildman–Crippen MR) is 132 cm³/mol. The van der Waals surface area contributed by atoms with Crippen molar-refractivity contribution in [3.8, 4) is 0 Å². The maximum absolute atomic E-state index is 13.9. The Labute approximate surface area is 207 Å². The van der Waals surface area contributed by atoms with Crippen LogP contribution in [0, 0.1) is 11.8 Å². The standard InChI is InChI=1S/C27H39N3O5/c1-4-11-18(3)28-24(33)22-27-15-14-26(5-2,35-27)20(23(32)29-19-12-7-6-8-13-19)21(27)25(34)30(22)16-9-10-17-31/h6-8,12-13,18,20-22,31H,4-5,9-11,14-17H2,1-3H3,(H,28,33)(H,29,32)/t18?,20-,21+,22?,26+,27?/m1/s1. The molecule has 3 amide bonds. The molecule has 1 aromatic rings. The molecular weight excluding hydrogens is 446 g/mol. The fourth-order valence-corrected chi connectivity index (χ4v) is 6.62. The second-order valence-electron chi connectivity index (χ2n) is 10.3. The molecule has 3 fully saturated rings. The average Bonchev–Trinajstić information content (AvgIpc) is 3.44. The van der Waals surface area contributed by atoms with E-state index >= 15 is 0 Å². The topological polar surface area (TPSA) is 108 Å². The molecule has 8 heteroatoms. The normalized spacial score (nSPS) is 31.9. The Bertz CT molecular complexity index is 940. The van der Waals surface area contributed by atoms with E-state index in [1.54, 1.807) is 4.90 Å². The third-order valence-corrected chi connectivity index (χ3v) is 8.17. The molecule has 3 N–H and O–H groups in total. The van der Waals surface area contributed by atoms with Crippen molar-refractivity contribution in [1.82, 2.24) is 10.2 Å². The molecule has 3 aliphatic heterocycles. The number of anilines is 1. The highest BCUT2D eigenvalue weighted by molar-refractivity contribution is 6.02. The molecule has 0 aliphatic carbocycles. The highest BCUT2D eigenvalue weighted by Crippen LogP contribution is 2.64. The molecule has 6 atom stereocenters. The Morgan fingerprint density at radius 3 is 2.57 bits per heavy atom. The van der Waals surface area contributed by atoms with Crippen molar-refractivity contribution in [3.05, 3.63) is 30.3 Å². The smallest absolute Gasteiger partial charge is 0.246 e. The molecule has 0 aromatic heterocycles. The first-order chi connectivity index (χ1) is 16.8. The number of hydrogen-bond donors (Lipinski definition) is 3. The summed E-state index contributed by atoms with van der Waals surface area (Å²) in [5.74, 6) is -1.99. The molecule has 3 saturated heterocycles. The number of benzene rings is 1. The largest absolute Gasteiger partial charge is 0.396 e. The highest BCUT2D eigenvalue weighted by Gasteiger charge is 2.78. The molecule has 3 heterocycles. The lowest BCUT2D eigenvalue weighted by atomic mass is 9.65. The number of amides is 3. The molecule has 3 aliphatic rings. The molecule has 0 radical (unpaired) electrons. The summed E-state index contributed by atoms with van der Waals surface area (Å²) in [5, 5.41) is 15.4. The van der Waals surface area contributed by atoms with E-state index in [0.717, 1.165) is 12.8 Å². The quantitative estimate of drug-likeness (QED) is 0.418. The molecule has 0 saturated carbocycles. The third-order valence-electron chi connectivity index (χ3n) is 8.17.